The molecule has 12 heavy (non-hydrogen) atoms. The first-order valence-corrected chi connectivity index (χ1v) is 5.46. The fraction of sp³-hybridized carbons (Fsp3) is 0.889. The van der Waals surface area contributed by atoms with Crippen LogP contribution in [-0.2, 0) is 4.79 Å². The van der Waals surface area contributed by atoms with Gasteiger partial charge in [-0.3, -0.25) is 4.79 Å². The van der Waals surface area contributed by atoms with Crippen molar-refractivity contribution >= 4 is 21.8 Å². The van der Waals surface area contributed by atoms with Gasteiger partial charge in [0.25, 0.3) is 0 Å². The van der Waals surface area contributed by atoms with Gasteiger partial charge in [0.15, 0.2) is 0 Å². The molecule has 1 aliphatic carbocycles. The Morgan fingerprint density at radius 3 is 2.58 bits per heavy atom. The van der Waals surface area contributed by atoms with Crippen molar-refractivity contribution in [2.75, 3.05) is 5.33 Å². The molecule has 0 aromatic rings. The van der Waals surface area contributed by atoms with Gasteiger partial charge in [-0.15, -0.1) is 0 Å². The number of nitrogens with one attached hydrogen (secondary N) is 1. The molecule has 0 spiro atoms. The van der Waals surface area contributed by atoms with E-state index >= 15 is 0 Å². The van der Waals surface area contributed by atoms with Crippen LogP contribution in [0.5, 0.6) is 0 Å². The minimum absolute atomic E-state index is 0.215. The summed E-state index contributed by atoms with van der Waals surface area (Å²) < 4.78 is 0. The fourth-order valence-electron chi connectivity index (χ4n) is 1.30. The molecule has 0 saturated heterocycles. The third-order valence-electron chi connectivity index (χ3n) is 2.45. The molecule has 0 bridgehead atoms. The summed E-state index contributed by atoms with van der Waals surface area (Å²) in [5, 5.41) is 3.79. The van der Waals surface area contributed by atoms with Gasteiger partial charge < -0.3 is 5.32 Å². The molecule has 3 heteroatoms. The number of hydrogen-bond acceptors (Lipinski definition) is 1. The van der Waals surface area contributed by atoms with Crippen molar-refractivity contribution in [1.29, 1.82) is 0 Å². The highest BCUT2D eigenvalue weighted by Crippen LogP contribution is 2.51. The van der Waals surface area contributed by atoms with E-state index in [-0.39, 0.29) is 23.3 Å². The van der Waals surface area contributed by atoms with Crippen molar-refractivity contribution in [3.05, 3.63) is 0 Å². The van der Waals surface area contributed by atoms with Gasteiger partial charge in [0.1, 0.15) is 0 Å². The van der Waals surface area contributed by atoms with E-state index < -0.39 is 0 Å². The SMILES string of the molecule is CC(CBr)NC(=O)C1CC1(C)C. The van der Waals surface area contributed by atoms with Crippen LogP contribution in [0.25, 0.3) is 0 Å². The number of carbonyl (C=O) groups excluding carboxylic acids is 1. The summed E-state index contributed by atoms with van der Waals surface area (Å²) in [7, 11) is 0. The third kappa shape index (κ3) is 2.22. The summed E-state index contributed by atoms with van der Waals surface area (Å²) in [6.07, 6.45) is 1.04. The third-order valence-corrected chi connectivity index (χ3v) is 3.42. The van der Waals surface area contributed by atoms with Crippen molar-refractivity contribution in [3.63, 3.8) is 0 Å². The van der Waals surface area contributed by atoms with Crippen molar-refractivity contribution in [1.82, 2.24) is 5.32 Å². The summed E-state index contributed by atoms with van der Waals surface area (Å²) in [5.74, 6) is 0.464. The largest absolute Gasteiger partial charge is 0.353 e. The highest BCUT2D eigenvalue weighted by Gasteiger charge is 2.50. The number of hydrogen-bond donors (Lipinski definition) is 1. The topological polar surface area (TPSA) is 29.1 Å². The van der Waals surface area contributed by atoms with E-state index in [2.05, 4.69) is 35.1 Å². The van der Waals surface area contributed by atoms with Crippen LogP contribution < -0.4 is 5.32 Å². The van der Waals surface area contributed by atoms with E-state index in [4.69, 9.17) is 0 Å². The molecule has 0 aliphatic heterocycles. The maximum Gasteiger partial charge on any atom is 0.223 e. The second-order valence-electron chi connectivity index (χ2n) is 4.31. The molecular formula is C9H16BrNO. The van der Waals surface area contributed by atoms with E-state index in [1.165, 1.54) is 0 Å². The van der Waals surface area contributed by atoms with Crippen molar-refractivity contribution < 1.29 is 4.79 Å². The predicted molar refractivity (Wildman–Crippen MR) is 53.3 cm³/mol. The highest BCUT2D eigenvalue weighted by atomic mass is 79.9. The number of carbonyl (C=O) groups is 1. The Labute approximate surface area is 82.2 Å². The molecule has 2 nitrogen and oxygen atoms in total. The summed E-state index contributed by atoms with van der Waals surface area (Å²) >= 11 is 3.33. The summed E-state index contributed by atoms with van der Waals surface area (Å²) in [6, 6.07) is 0.244. The molecule has 0 radical (unpaired) electrons. The molecule has 1 saturated carbocycles. The zero-order valence-electron chi connectivity index (χ0n) is 7.86. The Morgan fingerprint density at radius 1 is 1.75 bits per heavy atom. The standard InChI is InChI=1S/C9H16BrNO/c1-6(5-10)11-8(12)7-4-9(7,2)3/h6-7H,4-5H2,1-3H3,(H,11,12). The van der Waals surface area contributed by atoms with Gasteiger partial charge in [0.05, 0.1) is 0 Å². The molecule has 0 heterocycles. The van der Waals surface area contributed by atoms with Crippen molar-refractivity contribution in [3.8, 4) is 0 Å². The van der Waals surface area contributed by atoms with E-state index in [0.29, 0.717) is 0 Å². The van der Waals surface area contributed by atoms with Crippen LogP contribution in [0.2, 0.25) is 0 Å². The Kier molecular flexibility index (Phi) is 2.81. The van der Waals surface area contributed by atoms with E-state index in [1.54, 1.807) is 0 Å². The molecule has 1 rings (SSSR count). The first-order chi connectivity index (χ1) is 5.47. The lowest BCUT2D eigenvalue weighted by Gasteiger charge is -2.11. The van der Waals surface area contributed by atoms with Crippen LogP contribution in [0.1, 0.15) is 27.2 Å². The lowest BCUT2D eigenvalue weighted by atomic mass is 10.1. The molecule has 2 atom stereocenters. The minimum Gasteiger partial charge on any atom is -0.353 e. The van der Waals surface area contributed by atoms with Crippen LogP contribution in [0.4, 0.5) is 0 Å². The quantitative estimate of drug-likeness (QED) is 0.743. The van der Waals surface area contributed by atoms with E-state index in [1.807, 2.05) is 6.92 Å². The normalized spacial score (nSPS) is 27.8. The van der Waals surface area contributed by atoms with Crippen LogP contribution in [0.3, 0.4) is 0 Å². The molecule has 1 N–H and O–H groups in total. The molecule has 1 aliphatic rings. The first-order valence-electron chi connectivity index (χ1n) is 4.33. The Morgan fingerprint density at radius 2 is 2.25 bits per heavy atom. The van der Waals surface area contributed by atoms with Crippen LogP contribution in [0.15, 0.2) is 0 Å². The number of amides is 1. The Bertz CT molecular complexity index is 191. The van der Waals surface area contributed by atoms with Crippen LogP contribution in [-0.4, -0.2) is 17.3 Å². The lowest BCUT2D eigenvalue weighted by Crippen LogP contribution is -2.35. The Balaban J connectivity index is 2.32. The molecule has 2 unspecified atom stereocenters. The van der Waals surface area contributed by atoms with E-state index in [0.717, 1.165) is 11.8 Å². The van der Waals surface area contributed by atoms with Gasteiger partial charge >= 0.3 is 0 Å². The van der Waals surface area contributed by atoms with Crippen molar-refractivity contribution in [2.45, 2.75) is 33.2 Å². The first kappa shape index (κ1) is 10.0. The van der Waals surface area contributed by atoms with Gasteiger partial charge in [0.2, 0.25) is 5.91 Å². The summed E-state index contributed by atoms with van der Waals surface area (Å²) in [5.41, 5.74) is 0.246. The molecule has 1 fully saturated rings. The summed E-state index contributed by atoms with van der Waals surface area (Å²) in [4.78, 5) is 11.5. The maximum absolute atomic E-state index is 11.5. The molecule has 0 aromatic carbocycles. The fourth-order valence-corrected chi connectivity index (χ4v) is 1.46. The smallest absolute Gasteiger partial charge is 0.223 e. The van der Waals surface area contributed by atoms with Crippen LogP contribution in [0, 0.1) is 11.3 Å². The maximum atomic E-state index is 11.5. The van der Waals surface area contributed by atoms with Gasteiger partial charge in [-0.05, 0) is 18.8 Å². The van der Waals surface area contributed by atoms with Gasteiger partial charge in [-0.25, -0.2) is 0 Å². The molecule has 70 valence electrons. The zero-order chi connectivity index (χ0) is 9.35. The molecular weight excluding hydrogens is 218 g/mol. The average molecular weight is 234 g/mol. The zero-order valence-corrected chi connectivity index (χ0v) is 9.44. The lowest BCUT2D eigenvalue weighted by molar-refractivity contribution is -0.123. The van der Waals surface area contributed by atoms with Crippen molar-refractivity contribution in [2.24, 2.45) is 11.3 Å². The molecule has 1 amide bonds. The van der Waals surface area contributed by atoms with Gasteiger partial charge in [-0.1, -0.05) is 29.8 Å². The number of halogens is 1. The van der Waals surface area contributed by atoms with Gasteiger partial charge in [0, 0.05) is 17.3 Å². The Hall–Kier alpha value is -0.0500. The number of alkyl halides is 1. The van der Waals surface area contributed by atoms with Crippen LogP contribution >= 0.6 is 15.9 Å². The van der Waals surface area contributed by atoms with E-state index in [9.17, 15) is 4.79 Å². The average Bonchev–Trinajstić information content (AvgIpc) is 2.59. The number of rotatable bonds is 3. The highest BCUT2D eigenvalue weighted by molar-refractivity contribution is 9.09. The predicted octanol–water partition coefficient (Wildman–Crippen LogP) is 1.93. The minimum atomic E-state index is 0.215. The molecule has 0 aromatic heterocycles. The second-order valence-corrected chi connectivity index (χ2v) is 4.96. The van der Waals surface area contributed by atoms with Gasteiger partial charge in [-0.2, -0.15) is 0 Å². The second kappa shape index (κ2) is 3.36. The summed E-state index contributed by atoms with van der Waals surface area (Å²) in [6.45, 7) is 6.27. The monoisotopic (exact) mass is 233 g/mol.